The van der Waals surface area contributed by atoms with E-state index < -0.39 is 0 Å². The zero-order valence-electron chi connectivity index (χ0n) is 16.2. The number of halogens is 1. The number of anilines is 1. The van der Waals surface area contributed by atoms with Gasteiger partial charge in [-0.3, -0.25) is 4.79 Å². The third kappa shape index (κ3) is 3.72. The van der Waals surface area contributed by atoms with Gasteiger partial charge in [0.2, 0.25) is 0 Å². The van der Waals surface area contributed by atoms with Crippen molar-refractivity contribution in [2.45, 2.75) is 32.5 Å². The summed E-state index contributed by atoms with van der Waals surface area (Å²) in [6.45, 7) is 5.60. The zero-order valence-corrected chi connectivity index (χ0v) is 18.4. The number of amides is 1. The molecule has 1 unspecified atom stereocenters. The Morgan fingerprint density at radius 2 is 1.93 bits per heavy atom. The van der Waals surface area contributed by atoms with Gasteiger partial charge in [0.25, 0.3) is 5.91 Å². The van der Waals surface area contributed by atoms with E-state index >= 15 is 0 Å². The molecule has 2 aliphatic rings. The van der Waals surface area contributed by atoms with Gasteiger partial charge in [0.1, 0.15) is 0 Å². The highest BCUT2D eigenvalue weighted by atomic mass is 127. The summed E-state index contributed by atoms with van der Waals surface area (Å²) >= 11 is 2.31. The summed E-state index contributed by atoms with van der Waals surface area (Å²) < 4.78 is 1.22. The molecule has 0 aliphatic carbocycles. The van der Waals surface area contributed by atoms with Gasteiger partial charge in [-0.1, -0.05) is 12.1 Å². The first-order chi connectivity index (χ1) is 12.9. The van der Waals surface area contributed by atoms with Gasteiger partial charge in [0.05, 0.1) is 0 Å². The largest absolute Gasteiger partial charge is 0.370 e. The van der Waals surface area contributed by atoms with Crippen LogP contribution in [0.15, 0.2) is 36.4 Å². The van der Waals surface area contributed by atoms with Crippen molar-refractivity contribution < 1.29 is 4.79 Å². The van der Waals surface area contributed by atoms with Crippen molar-refractivity contribution in [3.05, 3.63) is 62.2 Å². The third-order valence-corrected chi connectivity index (χ3v) is 6.53. The second-order valence-corrected chi connectivity index (χ2v) is 9.18. The van der Waals surface area contributed by atoms with Crippen LogP contribution in [0.2, 0.25) is 0 Å². The number of nitrogens with zero attached hydrogens (tertiary/aromatic N) is 3. The predicted octanol–water partition coefficient (Wildman–Crippen LogP) is 3.90. The van der Waals surface area contributed by atoms with Crippen LogP contribution in [-0.4, -0.2) is 48.9 Å². The lowest BCUT2D eigenvalue weighted by Crippen LogP contribution is -2.31. The van der Waals surface area contributed by atoms with Crippen LogP contribution < -0.4 is 4.90 Å². The highest BCUT2D eigenvalue weighted by molar-refractivity contribution is 14.1. The van der Waals surface area contributed by atoms with Crippen LogP contribution in [0.4, 0.5) is 5.69 Å². The average molecular weight is 475 g/mol. The number of hydrogen-bond acceptors (Lipinski definition) is 3. The topological polar surface area (TPSA) is 26.8 Å². The fourth-order valence-electron chi connectivity index (χ4n) is 4.22. The van der Waals surface area contributed by atoms with Gasteiger partial charge in [-0.2, -0.15) is 0 Å². The van der Waals surface area contributed by atoms with Crippen LogP contribution in [-0.2, 0) is 13.1 Å². The Labute approximate surface area is 175 Å². The first-order valence-electron chi connectivity index (χ1n) is 9.51. The highest BCUT2D eigenvalue weighted by Gasteiger charge is 2.31. The quantitative estimate of drug-likeness (QED) is 0.628. The van der Waals surface area contributed by atoms with E-state index in [1.807, 2.05) is 4.90 Å². The SMILES string of the molecule is Cc1cc(N2CCC(N(C)C)C2)cc2c1C(=O)N(Cc1ccc(I)cc1)C2. The molecule has 2 aromatic carbocycles. The van der Waals surface area contributed by atoms with Gasteiger partial charge in [-0.25, -0.2) is 0 Å². The van der Waals surface area contributed by atoms with Crippen molar-refractivity contribution in [1.29, 1.82) is 0 Å². The maximum absolute atomic E-state index is 13.0. The minimum atomic E-state index is 0.167. The molecule has 27 heavy (non-hydrogen) atoms. The molecule has 0 aromatic heterocycles. The molecule has 2 aliphatic heterocycles. The second kappa shape index (κ2) is 7.43. The molecule has 1 atom stereocenters. The Hall–Kier alpha value is -1.60. The molecule has 0 spiro atoms. The zero-order chi connectivity index (χ0) is 19.1. The van der Waals surface area contributed by atoms with Gasteiger partial charge >= 0.3 is 0 Å². The Bertz CT molecular complexity index is 863. The normalized spacial score (nSPS) is 19.3. The molecule has 0 N–H and O–H groups in total. The number of aryl methyl sites for hydroxylation is 1. The van der Waals surface area contributed by atoms with Crippen LogP contribution in [0, 0.1) is 10.5 Å². The molecular weight excluding hydrogens is 449 g/mol. The van der Waals surface area contributed by atoms with Crippen LogP contribution in [0.5, 0.6) is 0 Å². The molecular formula is C22H26IN3O. The van der Waals surface area contributed by atoms with E-state index in [1.54, 1.807) is 0 Å². The standard InChI is InChI=1S/C22H26IN3O/c1-15-10-20(25-9-8-19(14-25)24(2)3)11-17-13-26(22(27)21(15)17)12-16-4-6-18(23)7-5-16/h4-7,10-11,19H,8-9,12-14H2,1-3H3. The lowest BCUT2D eigenvalue weighted by molar-refractivity contribution is 0.0766. The Morgan fingerprint density at radius 1 is 1.19 bits per heavy atom. The second-order valence-electron chi connectivity index (χ2n) is 7.94. The van der Waals surface area contributed by atoms with E-state index in [1.165, 1.54) is 26.8 Å². The molecule has 4 nitrogen and oxygen atoms in total. The van der Waals surface area contributed by atoms with Crippen molar-refractivity contribution >= 4 is 34.2 Å². The third-order valence-electron chi connectivity index (χ3n) is 5.81. The molecule has 2 heterocycles. The first kappa shape index (κ1) is 18.7. The van der Waals surface area contributed by atoms with Crippen molar-refractivity contribution in [3.8, 4) is 0 Å². The summed E-state index contributed by atoms with van der Waals surface area (Å²) in [5.41, 5.74) is 5.63. The van der Waals surface area contributed by atoms with Gasteiger partial charge in [0, 0.05) is 47.0 Å². The first-order valence-corrected chi connectivity index (χ1v) is 10.6. The predicted molar refractivity (Wildman–Crippen MR) is 118 cm³/mol. The number of fused-ring (bicyclic) bond motifs is 1. The van der Waals surface area contributed by atoms with Crippen molar-refractivity contribution in [3.63, 3.8) is 0 Å². The molecule has 0 saturated carbocycles. The monoisotopic (exact) mass is 475 g/mol. The van der Waals surface area contributed by atoms with Gasteiger partial charge < -0.3 is 14.7 Å². The lowest BCUT2D eigenvalue weighted by Gasteiger charge is -2.22. The van der Waals surface area contributed by atoms with Gasteiger partial charge in [-0.05, 0) is 91.0 Å². The maximum Gasteiger partial charge on any atom is 0.255 e. The number of carbonyl (C=O) groups is 1. The van der Waals surface area contributed by atoms with Gasteiger partial charge in [0.15, 0.2) is 0 Å². The number of benzene rings is 2. The van der Waals surface area contributed by atoms with Gasteiger partial charge in [-0.15, -0.1) is 0 Å². The van der Waals surface area contributed by atoms with Crippen LogP contribution in [0.3, 0.4) is 0 Å². The Balaban J connectivity index is 1.54. The smallest absolute Gasteiger partial charge is 0.255 e. The fourth-order valence-corrected chi connectivity index (χ4v) is 4.58. The summed E-state index contributed by atoms with van der Waals surface area (Å²) in [4.78, 5) is 19.7. The summed E-state index contributed by atoms with van der Waals surface area (Å²) in [6, 6.07) is 13.5. The van der Waals surface area contributed by atoms with Crippen LogP contribution >= 0.6 is 22.6 Å². The molecule has 0 bridgehead atoms. The minimum absolute atomic E-state index is 0.167. The van der Waals surface area contributed by atoms with E-state index in [0.29, 0.717) is 19.1 Å². The minimum Gasteiger partial charge on any atom is -0.370 e. The molecule has 2 aromatic rings. The molecule has 0 radical (unpaired) electrons. The highest BCUT2D eigenvalue weighted by Crippen LogP contribution is 2.33. The summed E-state index contributed by atoms with van der Waals surface area (Å²) in [6.07, 6.45) is 1.20. The van der Waals surface area contributed by atoms with E-state index in [9.17, 15) is 4.79 Å². The van der Waals surface area contributed by atoms with Crippen LogP contribution in [0.1, 0.15) is 33.5 Å². The molecule has 4 rings (SSSR count). The summed E-state index contributed by atoms with van der Waals surface area (Å²) in [7, 11) is 4.31. The molecule has 1 fully saturated rings. The molecule has 1 amide bonds. The van der Waals surface area contributed by atoms with E-state index in [-0.39, 0.29) is 5.91 Å². The molecule has 1 saturated heterocycles. The van der Waals surface area contributed by atoms with Crippen molar-refractivity contribution in [2.75, 3.05) is 32.1 Å². The molecule has 5 heteroatoms. The van der Waals surface area contributed by atoms with Crippen molar-refractivity contribution in [2.24, 2.45) is 0 Å². The average Bonchev–Trinajstić information content (AvgIpc) is 3.23. The number of rotatable bonds is 4. The number of likely N-dealkylation sites (N-methyl/N-ethyl adjacent to an activating group) is 1. The van der Waals surface area contributed by atoms with E-state index in [2.05, 4.69) is 89.8 Å². The summed E-state index contributed by atoms with van der Waals surface area (Å²) in [5, 5.41) is 0. The lowest BCUT2D eigenvalue weighted by atomic mass is 10.0. The van der Waals surface area contributed by atoms with E-state index in [4.69, 9.17) is 0 Å². The Morgan fingerprint density at radius 3 is 2.59 bits per heavy atom. The number of hydrogen-bond donors (Lipinski definition) is 0. The maximum atomic E-state index is 13.0. The van der Waals surface area contributed by atoms with E-state index in [0.717, 1.165) is 24.2 Å². The fraction of sp³-hybridized carbons (Fsp3) is 0.409. The molecule has 142 valence electrons. The van der Waals surface area contributed by atoms with Crippen molar-refractivity contribution in [1.82, 2.24) is 9.80 Å². The van der Waals surface area contributed by atoms with Crippen LogP contribution in [0.25, 0.3) is 0 Å². The number of carbonyl (C=O) groups excluding carboxylic acids is 1. The summed E-state index contributed by atoms with van der Waals surface area (Å²) in [5.74, 6) is 0.167. The Kier molecular flexibility index (Phi) is 5.16.